The maximum atomic E-state index is 11.7. The van der Waals surface area contributed by atoms with Gasteiger partial charge >= 0.3 is 23.9 Å². The standard InChI is InChI=1S/C20H32O12/c1-6-25-7-8-26-9-10-27-20-19(31-15(5)24)18(30-14(4)23)17(29-13(3)22)16(32-20)11-28-12(2)21/h16-20H,6-11H2,1-5H3/t16?,17-,18?,19?,20+/m1/s1. The maximum absolute atomic E-state index is 11.7. The SMILES string of the molecule is CCOCCOCCO[C@H]1OC(COC(C)=O)[C@@H](OC(C)=O)C(OC(C)=O)C1OC(C)=O. The van der Waals surface area contributed by atoms with Gasteiger partial charge in [0.05, 0.1) is 26.4 Å². The summed E-state index contributed by atoms with van der Waals surface area (Å²) in [6.07, 6.45) is -6.01. The summed E-state index contributed by atoms with van der Waals surface area (Å²) in [4.78, 5) is 46.4. The van der Waals surface area contributed by atoms with Crippen molar-refractivity contribution in [3.05, 3.63) is 0 Å². The van der Waals surface area contributed by atoms with Crippen molar-refractivity contribution in [3.8, 4) is 0 Å². The Morgan fingerprint density at radius 2 is 1.22 bits per heavy atom. The van der Waals surface area contributed by atoms with Gasteiger partial charge in [0, 0.05) is 34.3 Å². The van der Waals surface area contributed by atoms with Gasteiger partial charge < -0.3 is 37.9 Å². The summed E-state index contributed by atoms with van der Waals surface area (Å²) >= 11 is 0. The number of hydrogen-bond acceptors (Lipinski definition) is 12. The molecule has 0 saturated carbocycles. The highest BCUT2D eigenvalue weighted by Crippen LogP contribution is 2.29. The second kappa shape index (κ2) is 14.7. The predicted molar refractivity (Wildman–Crippen MR) is 105 cm³/mol. The van der Waals surface area contributed by atoms with Gasteiger partial charge in [-0.3, -0.25) is 19.2 Å². The van der Waals surface area contributed by atoms with Crippen LogP contribution in [0.25, 0.3) is 0 Å². The third kappa shape index (κ3) is 10.4. The zero-order chi connectivity index (χ0) is 24.1. The first-order valence-electron chi connectivity index (χ1n) is 10.2. The second-order valence-electron chi connectivity index (χ2n) is 6.75. The Morgan fingerprint density at radius 1 is 0.688 bits per heavy atom. The van der Waals surface area contributed by atoms with E-state index in [4.69, 9.17) is 37.9 Å². The van der Waals surface area contributed by atoms with Gasteiger partial charge in [-0.15, -0.1) is 0 Å². The van der Waals surface area contributed by atoms with E-state index in [0.29, 0.717) is 19.8 Å². The zero-order valence-corrected chi connectivity index (χ0v) is 19.0. The molecule has 0 aromatic carbocycles. The van der Waals surface area contributed by atoms with Crippen LogP contribution in [0.1, 0.15) is 34.6 Å². The monoisotopic (exact) mass is 464 g/mol. The van der Waals surface area contributed by atoms with Gasteiger partial charge in [-0.25, -0.2) is 0 Å². The summed E-state index contributed by atoms with van der Waals surface area (Å²) in [6.45, 7) is 7.78. The Labute approximate surface area is 186 Å². The molecule has 1 rings (SSSR count). The summed E-state index contributed by atoms with van der Waals surface area (Å²) in [5.74, 6) is -2.71. The summed E-state index contributed by atoms with van der Waals surface area (Å²) in [7, 11) is 0. The summed E-state index contributed by atoms with van der Waals surface area (Å²) in [5, 5.41) is 0. The number of esters is 4. The van der Waals surface area contributed by atoms with E-state index in [1.165, 1.54) is 6.92 Å². The van der Waals surface area contributed by atoms with Crippen molar-refractivity contribution in [2.24, 2.45) is 0 Å². The van der Waals surface area contributed by atoms with E-state index in [0.717, 1.165) is 20.8 Å². The fourth-order valence-corrected chi connectivity index (χ4v) is 2.91. The van der Waals surface area contributed by atoms with Crippen molar-refractivity contribution < 1.29 is 57.1 Å². The first-order chi connectivity index (χ1) is 15.1. The van der Waals surface area contributed by atoms with Crippen LogP contribution in [0.5, 0.6) is 0 Å². The normalized spacial score (nSPS) is 25.0. The lowest BCUT2D eigenvalue weighted by Crippen LogP contribution is -2.63. The molecule has 1 aliphatic rings. The number of ether oxygens (including phenoxy) is 8. The molecule has 3 unspecified atom stereocenters. The Morgan fingerprint density at radius 3 is 1.78 bits per heavy atom. The van der Waals surface area contributed by atoms with Crippen molar-refractivity contribution in [3.63, 3.8) is 0 Å². The van der Waals surface area contributed by atoms with Crippen LogP contribution < -0.4 is 0 Å². The number of rotatable bonds is 13. The van der Waals surface area contributed by atoms with Crippen LogP contribution in [0.2, 0.25) is 0 Å². The van der Waals surface area contributed by atoms with Gasteiger partial charge in [0.1, 0.15) is 12.7 Å². The van der Waals surface area contributed by atoms with Crippen LogP contribution in [-0.4, -0.2) is 94.2 Å². The quantitative estimate of drug-likeness (QED) is 0.208. The Bertz CT molecular complexity index is 622. The molecule has 1 saturated heterocycles. The highest BCUT2D eigenvalue weighted by molar-refractivity contribution is 5.68. The van der Waals surface area contributed by atoms with Crippen LogP contribution >= 0.6 is 0 Å². The molecule has 184 valence electrons. The first kappa shape index (κ1) is 27.8. The van der Waals surface area contributed by atoms with Crippen molar-refractivity contribution in [1.29, 1.82) is 0 Å². The average Bonchev–Trinajstić information content (AvgIpc) is 2.68. The van der Waals surface area contributed by atoms with Crippen LogP contribution in [0.4, 0.5) is 0 Å². The molecule has 1 heterocycles. The third-order valence-electron chi connectivity index (χ3n) is 4.03. The topological polar surface area (TPSA) is 142 Å². The molecule has 0 radical (unpaired) electrons. The fraction of sp³-hybridized carbons (Fsp3) is 0.800. The second-order valence-corrected chi connectivity index (χ2v) is 6.75. The lowest BCUT2D eigenvalue weighted by molar-refractivity contribution is -0.309. The van der Waals surface area contributed by atoms with Gasteiger partial charge in [-0.2, -0.15) is 0 Å². The summed E-state index contributed by atoms with van der Waals surface area (Å²) in [5.41, 5.74) is 0. The van der Waals surface area contributed by atoms with Crippen LogP contribution in [0.15, 0.2) is 0 Å². The minimum Gasteiger partial charge on any atom is -0.463 e. The Kier molecular flexibility index (Phi) is 12.8. The molecular formula is C20H32O12. The highest BCUT2D eigenvalue weighted by atomic mass is 16.7. The van der Waals surface area contributed by atoms with Crippen LogP contribution in [0, 0.1) is 0 Å². The molecule has 1 aliphatic heterocycles. The fourth-order valence-electron chi connectivity index (χ4n) is 2.91. The van der Waals surface area contributed by atoms with Crippen LogP contribution in [-0.2, 0) is 57.1 Å². The number of carbonyl (C=O) groups is 4. The van der Waals surface area contributed by atoms with Crippen molar-refractivity contribution in [2.75, 3.05) is 39.6 Å². The molecule has 0 spiro atoms. The third-order valence-corrected chi connectivity index (χ3v) is 4.03. The lowest BCUT2D eigenvalue weighted by Gasteiger charge is -2.44. The van der Waals surface area contributed by atoms with Gasteiger partial charge in [-0.05, 0) is 6.92 Å². The minimum absolute atomic E-state index is 0.0415. The molecule has 0 bridgehead atoms. The molecule has 5 atom stereocenters. The molecule has 12 heteroatoms. The number of carbonyl (C=O) groups excluding carboxylic acids is 4. The maximum Gasteiger partial charge on any atom is 0.303 e. The zero-order valence-electron chi connectivity index (χ0n) is 19.0. The van der Waals surface area contributed by atoms with Crippen molar-refractivity contribution in [2.45, 2.75) is 65.3 Å². The van der Waals surface area contributed by atoms with Gasteiger partial charge in [0.15, 0.2) is 24.6 Å². The van der Waals surface area contributed by atoms with E-state index < -0.39 is 54.6 Å². The van der Waals surface area contributed by atoms with E-state index in [2.05, 4.69) is 0 Å². The average molecular weight is 464 g/mol. The highest BCUT2D eigenvalue weighted by Gasteiger charge is 2.52. The molecule has 0 N–H and O–H groups in total. The molecule has 0 aliphatic carbocycles. The van der Waals surface area contributed by atoms with Crippen molar-refractivity contribution in [1.82, 2.24) is 0 Å². The lowest BCUT2D eigenvalue weighted by atomic mass is 9.98. The first-order valence-corrected chi connectivity index (χ1v) is 10.2. The summed E-state index contributed by atoms with van der Waals surface area (Å²) in [6, 6.07) is 0. The molecule has 0 aromatic rings. The van der Waals surface area contributed by atoms with E-state index >= 15 is 0 Å². The molecule has 32 heavy (non-hydrogen) atoms. The smallest absolute Gasteiger partial charge is 0.303 e. The van der Waals surface area contributed by atoms with Crippen LogP contribution in [0.3, 0.4) is 0 Å². The Balaban J connectivity index is 3.01. The van der Waals surface area contributed by atoms with E-state index in [9.17, 15) is 19.2 Å². The predicted octanol–water partition coefficient (Wildman–Crippen LogP) is 0.139. The summed E-state index contributed by atoms with van der Waals surface area (Å²) < 4.78 is 42.9. The van der Waals surface area contributed by atoms with Gasteiger partial charge in [-0.1, -0.05) is 0 Å². The largest absolute Gasteiger partial charge is 0.463 e. The minimum atomic E-state index is -1.27. The van der Waals surface area contributed by atoms with E-state index in [-0.39, 0.29) is 19.8 Å². The molecule has 0 amide bonds. The van der Waals surface area contributed by atoms with E-state index in [1.54, 1.807) is 0 Å². The van der Waals surface area contributed by atoms with E-state index in [1.807, 2.05) is 6.92 Å². The number of hydrogen-bond donors (Lipinski definition) is 0. The Hall–Kier alpha value is -2.28. The molecule has 12 nitrogen and oxygen atoms in total. The van der Waals surface area contributed by atoms with Crippen molar-refractivity contribution >= 4 is 23.9 Å². The van der Waals surface area contributed by atoms with Gasteiger partial charge in [0.25, 0.3) is 0 Å². The van der Waals surface area contributed by atoms with Gasteiger partial charge in [0.2, 0.25) is 0 Å². The molecule has 1 fully saturated rings. The molecule has 0 aromatic heterocycles. The molecular weight excluding hydrogens is 432 g/mol.